The topological polar surface area (TPSA) is 55.6 Å². The Labute approximate surface area is 172 Å². The zero-order valence-corrected chi connectivity index (χ0v) is 17.3. The monoisotopic (exact) mass is 450 g/mol. The average Bonchev–Trinajstić information content (AvgIpc) is 3.12. The number of carbonyl (C=O) groups is 1. The first-order valence-corrected chi connectivity index (χ1v) is 9.39. The lowest BCUT2D eigenvalue weighted by molar-refractivity contribution is 0.0343. The minimum Gasteiger partial charge on any atom is -0.451 e. The molecular formula is C20H20BrClN2O3. The fraction of sp³-hybridized carbons (Fsp3) is 0.300. The summed E-state index contributed by atoms with van der Waals surface area (Å²) in [5.41, 5.74) is 3.16. The van der Waals surface area contributed by atoms with Crippen molar-refractivity contribution in [3.05, 3.63) is 63.6 Å². The van der Waals surface area contributed by atoms with E-state index < -0.39 is 0 Å². The number of rotatable bonds is 4. The van der Waals surface area contributed by atoms with E-state index in [0.717, 1.165) is 54.0 Å². The van der Waals surface area contributed by atoms with Crippen molar-refractivity contribution in [2.75, 3.05) is 26.3 Å². The normalized spacial score (nSPS) is 14.9. The van der Waals surface area contributed by atoms with Gasteiger partial charge in [-0.1, -0.05) is 15.9 Å². The quantitative estimate of drug-likeness (QED) is 0.551. The van der Waals surface area contributed by atoms with Gasteiger partial charge in [0.2, 0.25) is 5.78 Å². The number of furan rings is 1. The number of aromatic nitrogens is 1. The largest absolute Gasteiger partial charge is 0.451 e. The molecule has 0 spiro atoms. The Balaban J connectivity index is 0.00000210. The number of ketones is 1. The maximum absolute atomic E-state index is 12.8. The van der Waals surface area contributed by atoms with Crippen molar-refractivity contribution >= 4 is 45.1 Å². The summed E-state index contributed by atoms with van der Waals surface area (Å²) in [5, 5.41) is 0.962. The van der Waals surface area contributed by atoms with Crippen LogP contribution in [0.5, 0.6) is 0 Å². The van der Waals surface area contributed by atoms with E-state index in [2.05, 4.69) is 25.8 Å². The third-order valence-electron chi connectivity index (χ3n) is 4.65. The molecule has 1 saturated heterocycles. The van der Waals surface area contributed by atoms with Crippen molar-refractivity contribution in [2.24, 2.45) is 0 Å². The molecule has 0 amide bonds. The van der Waals surface area contributed by atoms with E-state index >= 15 is 0 Å². The first kappa shape index (κ1) is 20.0. The van der Waals surface area contributed by atoms with Crippen LogP contribution in [0.15, 0.2) is 45.4 Å². The summed E-state index contributed by atoms with van der Waals surface area (Å²) in [6, 6.07) is 9.14. The molecule has 0 N–H and O–H groups in total. The van der Waals surface area contributed by atoms with Crippen LogP contribution in [0.25, 0.3) is 11.0 Å². The lowest BCUT2D eigenvalue weighted by Crippen LogP contribution is -2.35. The predicted molar refractivity (Wildman–Crippen MR) is 110 cm³/mol. The molecule has 27 heavy (non-hydrogen) atoms. The van der Waals surface area contributed by atoms with E-state index in [1.54, 1.807) is 12.1 Å². The van der Waals surface area contributed by atoms with Crippen molar-refractivity contribution in [1.82, 2.24) is 9.88 Å². The van der Waals surface area contributed by atoms with Gasteiger partial charge in [0.1, 0.15) is 0 Å². The molecule has 0 unspecified atom stereocenters. The summed E-state index contributed by atoms with van der Waals surface area (Å²) in [6.45, 7) is 5.98. The molecule has 3 heterocycles. The molecule has 1 aliphatic heterocycles. The van der Waals surface area contributed by atoms with Gasteiger partial charge in [-0.25, -0.2) is 0 Å². The van der Waals surface area contributed by atoms with Crippen LogP contribution >= 0.6 is 28.3 Å². The number of carbonyl (C=O) groups excluding carboxylic acids is 1. The van der Waals surface area contributed by atoms with Gasteiger partial charge in [-0.2, -0.15) is 0 Å². The highest BCUT2D eigenvalue weighted by Crippen LogP contribution is 2.27. The molecule has 1 aliphatic rings. The maximum atomic E-state index is 12.8. The summed E-state index contributed by atoms with van der Waals surface area (Å²) >= 11 is 3.39. The molecule has 0 aliphatic carbocycles. The predicted octanol–water partition coefficient (Wildman–Crippen LogP) is 4.38. The summed E-state index contributed by atoms with van der Waals surface area (Å²) in [6.07, 6.45) is 1.89. The first-order chi connectivity index (χ1) is 12.6. The van der Waals surface area contributed by atoms with Gasteiger partial charge in [-0.05, 0) is 42.8 Å². The maximum Gasteiger partial charge on any atom is 0.228 e. The van der Waals surface area contributed by atoms with Gasteiger partial charge in [0, 0.05) is 41.3 Å². The number of pyridine rings is 1. The van der Waals surface area contributed by atoms with E-state index in [1.165, 1.54) is 0 Å². The van der Waals surface area contributed by atoms with Gasteiger partial charge in [-0.3, -0.25) is 14.7 Å². The molecule has 5 nitrogen and oxygen atoms in total. The van der Waals surface area contributed by atoms with Crippen LogP contribution in [0.1, 0.15) is 27.4 Å². The van der Waals surface area contributed by atoms with E-state index in [4.69, 9.17) is 9.15 Å². The summed E-state index contributed by atoms with van der Waals surface area (Å²) in [5.74, 6) is 0.229. The molecule has 0 bridgehead atoms. The van der Waals surface area contributed by atoms with Crippen LogP contribution in [0.2, 0.25) is 0 Å². The van der Waals surface area contributed by atoms with Crippen molar-refractivity contribution in [2.45, 2.75) is 13.5 Å². The fourth-order valence-electron chi connectivity index (χ4n) is 3.18. The lowest BCUT2D eigenvalue weighted by atomic mass is 10.1. The van der Waals surface area contributed by atoms with Gasteiger partial charge < -0.3 is 9.15 Å². The second-order valence-corrected chi connectivity index (χ2v) is 7.36. The number of morpholine rings is 1. The Morgan fingerprint density at radius 1 is 1.22 bits per heavy atom. The molecular weight excluding hydrogens is 432 g/mol. The van der Waals surface area contributed by atoms with Crippen LogP contribution in [-0.4, -0.2) is 42.0 Å². The minimum absolute atomic E-state index is 0. The van der Waals surface area contributed by atoms with Crippen LogP contribution < -0.4 is 0 Å². The zero-order valence-electron chi connectivity index (χ0n) is 14.9. The SMILES string of the molecule is Cc1ncc(CN2CCOCC2)c2cc(C(=O)c3ccc(Br)cc3)oc12.Cl. The van der Waals surface area contributed by atoms with E-state index in [1.807, 2.05) is 31.3 Å². The Hall–Kier alpha value is -1.73. The van der Waals surface area contributed by atoms with Gasteiger partial charge in [-0.15, -0.1) is 12.4 Å². The standard InChI is InChI=1S/C20H19BrN2O3.ClH/c1-13-20-17(15(11-22-13)12-23-6-8-25-9-7-23)10-18(26-20)19(24)14-2-4-16(21)5-3-14;/h2-5,10-11H,6-9,12H2,1H3;1H. The second kappa shape index (κ2) is 8.52. The van der Waals surface area contributed by atoms with Crippen molar-refractivity contribution < 1.29 is 13.9 Å². The molecule has 1 aromatic carbocycles. The zero-order chi connectivity index (χ0) is 18.1. The Kier molecular flexibility index (Phi) is 6.32. The van der Waals surface area contributed by atoms with Crippen LogP contribution in [-0.2, 0) is 11.3 Å². The van der Waals surface area contributed by atoms with Gasteiger partial charge in [0.05, 0.1) is 18.9 Å². The Morgan fingerprint density at radius 2 is 1.93 bits per heavy atom. The summed E-state index contributed by atoms with van der Waals surface area (Å²) < 4.78 is 12.3. The Morgan fingerprint density at radius 3 is 2.63 bits per heavy atom. The molecule has 2 aromatic heterocycles. The minimum atomic E-state index is -0.120. The summed E-state index contributed by atoms with van der Waals surface area (Å²) in [7, 11) is 0. The third-order valence-corrected chi connectivity index (χ3v) is 5.18. The molecule has 142 valence electrons. The Bertz CT molecular complexity index is 950. The molecule has 3 aromatic rings. The molecule has 7 heteroatoms. The van der Waals surface area contributed by atoms with Crippen molar-refractivity contribution in [3.63, 3.8) is 0 Å². The average molecular weight is 452 g/mol. The van der Waals surface area contributed by atoms with E-state index in [-0.39, 0.29) is 18.2 Å². The van der Waals surface area contributed by atoms with Gasteiger partial charge in [0.15, 0.2) is 11.3 Å². The highest BCUT2D eigenvalue weighted by atomic mass is 79.9. The highest BCUT2D eigenvalue weighted by molar-refractivity contribution is 9.10. The van der Waals surface area contributed by atoms with Gasteiger partial charge in [0.25, 0.3) is 0 Å². The van der Waals surface area contributed by atoms with Crippen LogP contribution in [0.4, 0.5) is 0 Å². The van der Waals surface area contributed by atoms with Gasteiger partial charge >= 0.3 is 0 Å². The smallest absolute Gasteiger partial charge is 0.228 e. The van der Waals surface area contributed by atoms with Crippen LogP contribution in [0.3, 0.4) is 0 Å². The molecule has 0 radical (unpaired) electrons. The number of hydrogen-bond donors (Lipinski definition) is 0. The highest BCUT2D eigenvalue weighted by Gasteiger charge is 2.19. The molecule has 0 saturated carbocycles. The summed E-state index contributed by atoms with van der Waals surface area (Å²) in [4.78, 5) is 19.6. The number of aryl methyl sites for hydroxylation is 1. The van der Waals surface area contributed by atoms with Crippen LogP contribution in [0, 0.1) is 6.92 Å². The molecule has 1 fully saturated rings. The molecule has 0 atom stereocenters. The van der Waals surface area contributed by atoms with E-state index in [0.29, 0.717) is 16.9 Å². The number of fused-ring (bicyclic) bond motifs is 1. The van der Waals surface area contributed by atoms with E-state index in [9.17, 15) is 4.79 Å². The number of halogens is 2. The second-order valence-electron chi connectivity index (χ2n) is 6.45. The molecule has 4 rings (SSSR count). The van der Waals surface area contributed by atoms with Crippen molar-refractivity contribution in [1.29, 1.82) is 0 Å². The lowest BCUT2D eigenvalue weighted by Gasteiger charge is -2.26. The fourth-order valence-corrected chi connectivity index (χ4v) is 3.45. The number of hydrogen-bond acceptors (Lipinski definition) is 5. The van der Waals surface area contributed by atoms with Crippen molar-refractivity contribution in [3.8, 4) is 0 Å². The third kappa shape index (κ3) is 4.24. The first-order valence-electron chi connectivity index (χ1n) is 8.60. The number of nitrogens with zero attached hydrogens (tertiary/aromatic N) is 2. The number of ether oxygens (including phenoxy) is 1. The number of benzene rings is 1.